The van der Waals surface area contributed by atoms with Crippen molar-refractivity contribution in [3.8, 4) is 0 Å². The van der Waals surface area contributed by atoms with Gasteiger partial charge in [0.1, 0.15) is 0 Å². The molecule has 0 saturated heterocycles. The van der Waals surface area contributed by atoms with E-state index in [0.29, 0.717) is 17.7 Å². The van der Waals surface area contributed by atoms with Gasteiger partial charge in [0.2, 0.25) is 15.9 Å². The molecule has 0 aliphatic heterocycles. The Labute approximate surface area is 143 Å². The molecule has 8 heteroatoms. The first-order valence-corrected chi connectivity index (χ1v) is 8.93. The molecule has 6 nitrogen and oxygen atoms in total. The van der Waals surface area contributed by atoms with Crippen LogP contribution >= 0.6 is 12.4 Å². The Bertz CT molecular complexity index is 664. The molecular formula is C15H24ClN3O3S. The van der Waals surface area contributed by atoms with Gasteiger partial charge in [-0.15, -0.1) is 12.4 Å². The molecule has 23 heavy (non-hydrogen) atoms. The van der Waals surface area contributed by atoms with Crippen LogP contribution in [-0.2, 0) is 14.8 Å². The molecule has 0 heterocycles. The Morgan fingerprint density at radius 1 is 1.30 bits per heavy atom. The van der Waals surface area contributed by atoms with Gasteiger partial charge >= 0.3 is 0 Å². The Kier molecular flexibility index (Phi) is 7.01. The predicted molar refractivity (Wildman–Crippen MR) is 93.2 cm³/mol. The van der Waals surface area contributed by atoms with E-state index in [2.05, 4.69) is 10.0 Å². The summed E-state index contributed by atoms with van der Waals surface area (Å²) in [6, 6.07) is 4.93. The lowest BCUT2D eigenvalue weighted by Crippen LogP contribution is -2.34. The van der Waals surface area contributed by atoms with Crippen LogP contribution in [0.5, 0.6) is 0 Å². The number of anilines is 1. The van der Waals surface area contributed by atoms with Crippen LogP contribution in [-0.4, -0.2) is 27.4 Å². The predicted octanol–water partition coefficient (Wildman–Crippen LogP) is 1.78. The molecule has 1 aliphatic carbocycles. The van der Waals surface area contributed by atoms with E-state index in [0.717, 1.165) is 19.3 Å². The van der Waals surface area contributed by atoms with Crippen molar-refractivity contribution >= 4 is 34.0 Å². The molecule has 1 aliphatic rings. The third kappa shape index (κ3) is 4.67. The first kappa shape index (κ1) is 19.9. The van der Waals surface area contributed by atoms with Gasteiger partial charge in [-0.2, -0.15) is 0 Å². The number of amides is 1. The lowest BCUT2D eigenvalue weighted by atomic mass is 9.85. The summed E-state index contributed by atoms with van der Waals surface area (Å²) in [4.78, 5) is 12.5. The second-order valence-corrected chi connectivity index (χ2v) is 7.60. The van der Waals surface area contributed by atoms with Crippen LogP contribution in [0.25, 0.3) is 0 Å². The highest BCUT2D eigenvalue weighted by Crippen LogP contribution is 2.27. The monoisotopic (exact) mass is 361 g/mol. The van der Waals surface area contributed by atoms with E-state index in [1.165, 1.54) is 13.1 Å². The van der Waals surface area contributed by atoms with E-state index in [9.17, 15) is 13.2 Å². The largest absolute Gasteiger partial charge is 0.328 e. The zero-order valence-corrected chi connectivity index (χ0v) is 15.0. The smallest absolute Gasteiger partial charge is 0.240 e. The van der Waals surface area contributed by atoms with Crippen molar-refractivity contribution in [3.63, 3.8) is 0 Å². The van der Waals surface area contributed by atoms with Crippen LogP contribution in [0.15, 0.2) is 23.1 Å². The average Bonchev–Trinajstić information content (AvgIpc) is 2.49. The number of nitrogens with one attached hydrogen (secondary N) is 2. The number of carbonyl (C=O) groups excluding carboxylic acids is 1. The normalized spacial score (nSPS) is 21.3. The van der Waals surface area contributed by atoms with Crippen molar-refractivity contribution < 1.29 is 13.2 Å². The zero-order chi connectivity index (χ0) is 16.3. The van der Waals surface area contributed by atoms with Crippen molar-refractivity contribution in [2.45, 2.75) is 43.5 Å². The van der Waals surface area contributed by atoms with Gasteiger partial charge in [0.25, 0.3) is 0 Å². The summed E-state index contributed by atoms with van der Waals surface area (Å²) < 4.78 is 26.2. The molecule has 0 bridgehead atoms. The number of halogens is 1. The molecule has 2 atom stereocenters. The van der Waals surface area contributed by atoms with Crippen LogP contribution in [0.1, 0.15) is 31.2 Å². The van der Waals surface area contributed by atoms with Gasteiger partial charge in [-0.05, 0) is 50.9 Å². The molecular weight excluding hydrogens is 338 g/mol. The maximum absolute atomic E-state index is 12.4. The number of hydrogen-bond donors (Lipinski definition) is 3. The first-order valence-electron chi connectivity index (χ1n) is 7.44. The molecule has 0 spiro atoms. The molecule has 1 aromatic carbocycles. The number of benzene rings is 1. The number of hydrogen-bond acceptors (Lipinski definition) is 4. The number of carbonyl (C=O) groups is 1. The van der Waals surface area contributed by atoms with Gasteiger partial charge < -0.3 is 11.1 Å². The summed E-state index contributed by atoms with van der Waals surface area (Å²) >= 11 is 0. The minimum Gasteiger partial charge on any atom is -0.328 e. The minimum absolute atomic E-state index is 0. The Balaban J connectivity index is 0.00000264. The van der Waals surface area contributed by atoms with Crippen molar-refractivity contribution in [1.82, 2.24) is 4.72 Å². The fourth-order valence-electron chi connectivity index (χ4n) is 2.85. The molecule has 1 aromatic rings. The summed E-state index contributed by atoms with van der Waals surface area (Å²) in [5.41, 5.74) is 6.98. The second-order valence-electron chi connectivity index (χ2n) is 5.75. The van der Waals surface area contributed by atoms with E-state index in [4.69, 9.17) is 5.73 Å². The van der Waals surface area contributed by atoms with Crippen molar-refractivity contribution in [1.29, 1.82) is 0 Å². The molecule has 1 amide bonds. The Morgan fingerprint density at radius 3 is 2.61 bits per heavy atom. The first-order chi connectivity index (χ1) is 10.3. The van der Waals surface area contributed by atoms with E-state index in [1.807, 2.05) is 0 Å². The minimum atomic E-state index is -3.54. The fourth-order valence-corrected chi connectivity index (χ4v) is 3.84. The maximum Gasteiger partial charge on any atom is 0.240 e. The lowest BCUT2D eigenvalue weighted by Gasteiger charge is -2.26. The molecule has 1 fully saturated rings. The van der Waals surface area contributed by atoms with Crippen LogP contribution in [0.2, 0.25) is 0 Å². The fraction of sp³-hybridized carbons (Fsp3) is 0.533. The zero-order valence-electron chi connectivity index (χ0n) is 13.3. The van der Waals surface area contributed by atoms with Crippen LogP contribution in [0, 0.1) is 12.8 Å². The number of rotatable bonds is 4. The van der Waals surface area contributed by atoms with Gasteiger partial charge in [-0.25, -0.2) is 13.1 Å². The summed E-state index contributed by atoms with van der Waals surface area (Å²) in [6.07, 6.45) is 3.41. The van der Waals surface area contributed by atoms with E-state index in [-0.39, 0.29) is 35.2 Å². The van der Waals surface area contributed by atoms with Gasteiger partial charge in [0.05, 0.1) is 4.90 Å². The standard InChI is InChI=1S/C15H23N3O3S.ClH/c1-10-13(7-4-8-14(10)22(20,21)17-2)18-15(19)11-5-3-6-12(16)9-11;/h4,7-8,11-12,17H,3,5-6,9,16H2,1-2H3,(H,18,19);1H. The second kappa shape index (κ2) is 8.10. The van der Waals surface area contributed by atoms with Gasteiger partial charge in [-0.3, -0.25) is 4.79 Å². The third-order valence-electron chi connectivity index (χ3n) is 4.19. The van der Waals surface area contributed by atoms with E-state index in [1.54, 1.807) is 19.1 Å². The highest BCUT2D eigenvalue weighted by molar-refractivity contribution is 7.89. The van der Waals surface area contributed by atoms with E-state index < -0.39 is 10.0 Å². The highest BCUT2D eigenvalue weighted by Gasteiger charge is 2.26. The van der Waals surface area contributed by atoms with Crippen LogP contribution < -0.4 is 15.8 Å². The topological polar surface area (TPSA) is 101 Å². The summed E-state index contributed by atoms with van der Waals surface area (Å²) in [7, 11) is -2.18. The van der Waals surface area contributed by atoms with Gasteiger partial charge in [0.15, 0.2) is 0 Å². The average molecular weight is 362 g/mol. The van der Waals surface area contributed by atoms with Crippen molar-refractivity contribution in [3.05, 3.63) is 23.8 Å². The molecule has 0 aromatic heterocycles. The van der Waals surface area contributed by atoms with Gasteiger partial charge in [0, 0.05) is 17.6 Å². The molecule has 4 N–H and O–H groups in total. The molecule has 2 unspecified atom stereocenters. The summed E-state index contributed by atoms with van der Waals surface area (Å²) in [6.45, 7) is 1.69. The molecule has 2 rings (SSSR count). The van der Waals surface area contributed by atoms with Crippen molar-refractivity contribution in [2.75, 3.05) is 12.4 Å². The Morgan fingerprint density at radius 2 is 2.00 bits per heavy atom. The maximum atomic E-state index is 12.4. The third-order valence-corrected chi connectivity index (χ3v) is 5.74. The van der Waals surface area contributed by atoms with Crippen molar-refractivity contribution in [2.24, 2.45) is 11.7 Å². The molecule has 1 saturated carbocycles. The summed E-state index contributed by atoms with van der Waals surface area (Å²) in [5, 5.41) is 2.85. The summed E-state index contributed by atoms with van der Waals surface area (Å²) in [5.74, 6) is -0.190. The lowest BCUT2D eigenvalue weighted by molar-refractivity contribution is -0.120. The SMILES string of the molecule is CNS(=O)(=O)c1cccc(NC(=O)C2CCCC(N)C2)c1C.Cl. The number of sulfonamides is 1. The number of nitrogens with two attached hydrogens (primary N) is 1. The highest BCUT2D eigenvalue weighted by atomic mass is 35.5. The van der Waals surface area contributed by atoms with Gasteiger partial charge in [-0.1, -0.05) is 12.5 Å². The molecule has 130 valence electrons. The molecule has 0 radical (unpaired) electrons. The Hall–Kier alpha value is -1.15. The van der Waals surface area contributed by atoms with Crippen LogP contribution in [0.4, 0.5) is 5.69 Å². The van der Waals surface area contributed by atoms with Crippen LogP contribution in [0.3, 0.4) is 0 Å². The quantitative estimate of drug-likeness (QED) is 0.760. The van der Waals surface area contributed by atoms with E-state index >= 15 is 0 Å².